The van der Waals surface area contributed by atoms with E-state index < -0.39 is 0 Å². The summed E-state index contributed by atoms with van der Waals surface area (Å²) in [6, 6.07) is 4.15. The molecule has 0 unspecified atom stereocenters. The molecule has 0 bridgehead atoms. The lowest BCUT2D eigenvalue weighted by atomic mass is 10.3. The molecule has 0 atom stereocenters. The summed E-state index contributed by atoms with van der Waals surface area (Å²) < 4.78 is 7.60. The molecule has 2 heterocycles. The second-order valence-electron chi connectivity index (χ2n) is 4.81. The van der Waals surface area contributed by atoms with Gasteiger partial charge in [-0.3, -0.25) is 9.58 Å². The lowest BCUT2D eigenvalue weighted by Gasteiger charge is -2.13. The molecule has 2 rings (SSSR count). The van der Waals surface area contributed by atoms with E-state index in [-0.39, 0.29) is 0 Å². The number of hydrogen-bond donors (Lipinski definition) is 0. The van der Waals surface area contributed by atoms with Crippen LogP contribution in [-0.2, 0) is 26.6 Å². The highest BCUT2D eigenvalue weighted by Crippen LogP contribution is 2.13. The first-order chi connectivity index (χ1) is 8.67. The number of aryl methyl sites for hydroxylation is 2. The molecule has 2 aromatic rings. The topological polar surface area (TPSA) is 34.2 Å². The number of nitrogens with zero attached hydrogens (tertiary/aromatic N) is 3. The monoisotopic (exact) mass is 247 g/mol. The van der Waals surface area contributed by atoms with E-state index in [2.05, 4.69) is 36.1 Å². The number of rotatable bonds is 6. The molecule has 0 radical (unpaired) electrons. The van der Waals surface area contributed by atoms with Gasteiger partial charge in [0.05, 0.1) is 12.7 Å². The van der Waals surface area contributed by atoms with E-state index in [4.69, 9.17) is 4.42 Å². The molecule has 0 N–H and O–H groups in total. The summed E-state index contributed by atoms with van der Waals surface area (Å²) in [5.41, 5.74) is 1.22. The Hall–Kier alpha value is -1.55. The third-order valence-corrected chi connectivity index (χ3v) is 2.85. The van der Waals surface area contributed by atoms with Crippen molar-refractivity contribution in [1.29, 1.82) is 0 Å². The van der Waals surface area contributed by atoms with Gasteiger partial charge in [0.15, 0.2) is 0 Å². The molecule has 0 saturated heterocycles. The average molecular weight is 247 g/mol. The standard InChI is InChI=1S/C14H21N3O/c1-4-5-13-6-7-14(18-13)11-16(2)9-12-8-15-17(3)10-12/h6-8,10H,4-5,9,11H2,1-3H3. The minimum absolute atomic E-state index is 0.832. The Bertz CT molecular complexity index is 487. The maximum atomic E-state index is 5.78. The second kappa shape index (κ2) is 5.87. The highest BCUT2D eigenvalue weighted by molar-refractivity contribution is 5.08. The van der Waals surface area contributed by atoms with Crippen molar-refractivity contribution in [2.75, 3.05) is 7.05 Å². The predicted octanol–water partition coefficient (Wildman–Crippen LogP) is 2.60. The zero-order valence-corrected chi connectivity index (χ0v) is 11.4. The molecule has 0 saturated carbocycles. The van der Waals surface area contributed by atoms with Gasteiger partial charge < -0.3 is 4.42 Å². The zero-order valence-electron chi connectivity index (χ0n) is 11.4. The first-order valence-corrected chi connectivity index (χ1v) is 6.41. The van der Waals surface area contributed by atoms with Crippen molar-refractivity contribution in [2.45, 2.75) is 32.9 Å². The van der Waals surface area contributed by atoms with Gasteiger partial charge in [-0.25, -0.2) is 0 Å². The molecule has 98 valence electrons. The Kier molecular flexibility index (Phi) is 4.20. The fourth-order valence-electron chi connectivity index (χ4n) is 2.08. The van der Waals surface area contributed by atoms with Crippen LogP contribution in [0, 0.1) is 0 Å². The molecule has 4 heteroatoms. The van der Waals surface area contributed by atoms with Crippen LogP contribution in [0.3, 0.4) is 0 Å². The van der Waals surface area contributed by atoms with Gasteiger partial charge in [-0.1, -0.05) is 6.92 Å². The SMILES string of the molecule is CCCc1ccc(CN(C)Cc2cnn(C)c2)o1. The molecule has 18 heavy (non-hydrogen) atoms. The minimum atomic E-state index is 0.832. The van der Waals surface area contributed by atoms with Crippen molar-refractivity contribution < 1.29 is 4.42 Å². The van der Waals surface area contributed by atoms with Crippen LogP contribution in [0.25, 0.3) is 0 Å². The van der Waals surface area contributed by atoms with Crippen molar-refractivity contribution in [3.05, 3.63) is 41.6 Å². The summed E-state index contributed by atoms with van der Waals surface area (Å²) in [4.78, 5) is 2.23. The Balaban J connectivity index is 1.88. The van der Waals surface area contributed by atoms with Gasteiger partial charge in [0, 0.05) is 31.8 Å². The first-order valence-electron chi connectivity index (χ1n) is 6.41. The van der Waals surface area contributed by atoms with Gasteiger partial charge in [-0.2, -0.15) is 5.10 Å². The number of hydrogen-bond acceptors (Lipinski definition) is 3. The van der Waals surface area contributed by atoms with Crippen LogP contribution in [0.2, 0.25) is 0 Å². The molecule has 2 aromatic heterocycles. The summed E-state index contributed by atoms with van der Waals surface area (Å²) in [6.45, 7) is 3.88. The lowest BCUT2D eigenvalue weighted by Crippen LogP contribution is -2.16. The van der Waals surface area contributed by atoms with Crippen molar-refractivity contribution >= 4 is 0 Å². The highest BCUT2D eigenvalue weighted by atomic mass is 16.3. The van der Waals surface area contributed by atoms with Gasteiger partial charge >= 0.3 is 0 Å². The van der Waals surface area contributed by atoms with Crippen LogP contribution in [0.4, 0.5) is 0 Å². The molecule has 0 amide bonds. The summed E-state index contributed by atoms with van der Waals surface area (Å²) in [5.74, 6) is 2.12. The Morgan fingerprint density at radius 3 is 2.72 bits per heavy atom. The van der Waals surface area contributed by atoms with Crippen molar-refractivity contribution in [3.63, 3.8) is 0 Å². The van der Waals surface area contributed by atoms with Crippen LogP contribution in [0.1, 0.15) is 30.4 Å². The Morgan fingerprint density at radius 1 is 1.28 bits per heavy atom. The molecular formula is C14H21N3O. The van der Waals surface area contributed by atoms with Crippen molar-refractivity contribution in [2.24, 2.45) is 7.05 Å². The molecule has 0 spiro atoms. The largest absolute Gasteiger partial charge is 0.465 e. The maximum Gasteiger partial charge on any atom is 0.118 e. The fraction of sp³-hybridized carbons (Fsp3) is 0.500. The van der Waals surface area contributed by atoms with E-state index in [0.29, 0.717) is 0 Å². The molecule has 0 aliphatic rings. The van der Waals surface area contributed by atoms with E-state index >= 15 is 0 Å². The maximum absolute atomic E-state index is 5.78. The zero-order chi connectivity index (χ0) is 13.0. The highest BCUT2D eigenvalue weighted by Gasteiger charge is 2.07. The quantitative estimate of drug-likeness (QED) is 0.787. The van der Waals surface area contributed by atoms with Gasteiger partial charge in [0.2, 0.25) is 0 Å². The summed E-state index contributed by atoms with van der Waals surface area (Å²) in [6.07, 6.45) is 6.09. The smallest absolute Gasteiger partial charge is 0.118 e. The third-order valence-electron chi connectivity index (χ3n) is 2.85. The van der Waals surface area contributed by atoms with Crippen molar-refractivity contribution in [3.8, 4) is 0 Å². The van der Waals surface area contributed by atoms with Gasteiger partial charge in [-0.15, -0.1) is 0 Å². The van der Waals surface area contributed by atoms with E-state index in [1.807, 2.05) is 24.1 Å². The summed E-state index contributed by atoms with van der Waals surface area (Å²) in [5, 5.41) is 4.17. The Labute approximate surface area is 108 Å². The summed E-state index contributed by atoms with van der Waals surface area (Å²) in [7, 11) is 4.03. The van der Waals surface area contributed by atoms with Crippen LogP contribution in [-0.4, -0.2) is 21.7 Å². The van der Waals surface area contributed by atoms with Crippen LogP contribution >= 0.6 is 0 Å². The van der Waals surface area contributed by atoms with Crippen LogP contribution in [0.5, 0.6) is 0 Å². The fourth-order valence-corrected chi connectivity index (χ4v) is 2.08. The number of aromatic nitrogens is 2. The van der Waals surface area contributed by atoms with Crippen LogP contribution < -0.4 is 0 Å². The van der Waals surface area contributed by atoms with E-state index in [9.17, 15) is 0 Å². The van der Waals surface area contributed by atoms with Gasteiger partial charge in [0.25, 0.3) is 0 Å². The molecule has 4 nitrogen and oxygen atoms in total. The number of furan rings is 1. The Morgan fingerprint density at radius 2 is 2.06 bits per heavy atom. The van der Waals surface area contributed by atoms with E-state index in [1.165, 1.54) is 5.56 Å². The molecular weight excluding hydrogens is 226 g/mol. The molecule has 0 aliphatic heterocycles. The van der Waals surface area contributed by atoms with Gasteiger partial charge in [-0.05, 0) is 25.6 Å². The average Bonchev–Trinajstić information content (AvgIpc) is 2.89. The lowest BCUT2D eigenvalue weighted by molar-refractivity contribution is 0.283. The molecule has 0 aromatic carbocycles. The van der Waals surface area contributed by atoms with Crippen LogP contribution in [0.15, 0.2) is 28.9 Å². The normalized spacial score (nSPS) is 11.3. The van der Waals surface area contributed by atoms with E-state index in [1.54, 1.807) is 0 Å². The molecule has 0 fully saturated rings. The van der Waals surface area contributed by atoms with Gasteiger partial charge in [0.1, 0.15) is 11.5 Å². The second-order valence-corrected chi connectivity index (χ2v) is 4.81. The molecule has 0 aliphatic carbocycles. The van der Waals surface area contributed by atoms with Crippen molar-refractivity contribution in [1.82, 2.24) is 14.7 Å². The minimum Gasteiger partial charge on any atom is -0.465 e. The third kappa shape index (κ3) is 3.47. The van der Waals surface area contributed by atoms with E-state index in [0.717, 1.165) is 37.5 Å². The summed E-state index contributed by atoms with van der Waals surface area (Å²) >= 11 is 0. The first kappa shape index (κ1) is 12.9. The predicted molar refractivity (Wildman–Crippen MR) is 71.1 cm³/mol.